The predicted octanol–water partition coefficient (Wildman–Crippen LogP) is 6.03. The minimum Gasteiger partial charge on any atom is -0.508 e. The van der Waals surface area contributed by atoms with Crippen molar-refractivity contribution in [3.05, 3.63) is 71.8 Å². The van der Waals surface area contributed by atoms with Crippen molar-refractivity contribution in [2.45, 2.75) is 52.6 Å². The molecule has 2 unspecified atom stereocenters. The van der Waals surface area contributed by atoms with Crippen LogP contribution in [-0.4, -0.2) is 39.9 Å². The number of fused-ring (bicyclic) bond motifs is 2. The number of aromatic nitrogens is 1. The minimum atomic E-state index is -1.23. The number of thiazole rings is 1. The third kappa shape index (κ3) is 4.41. The van der Waals surface area contributed by atoms with Crippen LogP contribution in [0.4, 0.5) is 0 Å². The number of nitrogens with zero attached hydrogens (tertiary/aromatic N) is 1. The third-order valence-electron chi connectivity index (χ3n) is 8.11. The number of phenolic OH excluding ortho intramolecular Hbond substituents is 2. The fourth-order valence-electron chi connectivity index (χ4n) is 6.35. The van der Waals surface area contributed by atoms with Gasteiger partial charge in [0.25, 0.3) is 11.7 Å². The van der Waals surface area contributed by atoms with Gasteiger partial charge in [0.05, 0.1) is 22.4 Å². The summed E-state index contributed by atoms with van der Waals surface area (Å²) in [7, 11) is 0. The van der Waals surface area contributed by atoms with Crippen molar-refractivity contribution in [1.82, 2.24) is 10.3 Å². The summed E-state index contributed by atoms with van der Waals surface area (Å²) in [5, 5.41) is 24.7. The van der Waals surface area contributed by atoms with E-state index in [1.165, 1.54) is 17.4 Å². The molecule has 2 aliphatic heterocycles. The Balaban J connectivity index is 1.11. The van der Waals surface area contributed by atoms with E-state index >= 15 is 0 Å². The summed E-state index contributed by atoms with van der Waals surface area (Å²) in [6.07, 6.45) is 0. The molecule has 6 rings (SSSR count). The lowest BCUT2D eigenvalue weighted by Gasteiger charge is -2.61. The summed E-state index contributed by atoms with van der Waals surface area (Å²) in [6.45, 7) is 10.7. The number of aromatic hydroxyl groups is 2. The standard InChI is InChI=1S/C32H34N2O7S/c1-29(2,3)32-30(4,5)18-39-31(32,40-41-32)20-13-21(35)15-22(14-20)38-17-27(37)33-16-19-10-11-23(25(36)12-19)28-34-24-8-6-7-9-26(24)42-28/h6-15,35-36H,16-18H2,1-5H3,(H,33,37). The van der Waals surface area contributed by atoms with Gasteiger partial charge < -0.3 is 25.0 Å². The number of rotatable bonds is 7. The quantitative estimate of drug-likeness (QED) is 0.224. The van der Waals surface area contributed by atoms with Crippen LogP contribution < -0.4 is 10.1 Å². The molecule has 4 aromatic rings. The van der Waals surface area contributed by atoms with Crippen molar-refractivity contribution in [2.24, 2.45) is 10.8 Å². The van der Waals surface area contributed by atoms with Gasteiger partial charge in [0.15, 0.2) is 12.2 Å². The maximum absolute atomic E-state index is 12.6. The smallest absolute Gasteiger partial charge is 0.261 e. The van der Waals surface area contributed by atoms with Crippen LogP contribution in [0.15, 0.2) is 60.7 Å². The topological polar surface area (TPSA) is 119 Å². The second kappa shape index (κ2) is 9.95. The first kappa shape index (κ1) is 28.4. The molecule has 3 N–H and O–H groups in total. The van der Waals surface area contributed by atoms with E-state index in [4.69, 9.17) is 19.2 Å². The number of nitrogens with one attached hydrogen (secondary N) is 1. The van der Waals surface area contributed by atoms with E-state index in [1.807, 2.05) is 30.3 Å². The fourth-order valence-corrected chi connectivity index (χ4v) is 7.35. The van der Waals surface area contributed by atoms with E-state index in [1.54, 1.807) is 24.3 Å². The van der Waals surface area contributed by atoms with Crippen LogP contribution in [0.25, 0.3) is 20.8 Å². The van der Waals surface area contributed by atoms with Gasteiger partial charge in [-0.1, -0.05) is 52.8 Å². The molecule has 0 aliphatic carbocycles. The molecule has 0 spiro atoms. The van der Waals surface area contributed by atoms with E-state index in [-0.39, 0.29) is 41.4 Å². The normalized spacial score (nSPS) is 22.9. The summed E-state index contributed by atoms with van der Waals surface area (Å²) in [6, 6.07) is 17.8. The Kier molecular flexibility index (Phi) is 6.73. The Morgan fingerprint density at radius 2 is 1.86 bits per heavy atom. The van der Waals surface area contributed by atoms with Crippen molar-refractivity contribution in [3.8, 4) is 27.8 Å². The fraction of sp³-hybridized carbons (Fsp3) is 0.375. The number of carbonyl (C=O) groups excluding carboxylic acids is 1. The van der Waals surface area contributed by atoms with Crippen LogP contribution >= 0.6 is 11.3 Å². The van der Waals surface area contributed by atoms with Crippen molar-refractivity contribution in [1.29, 1.82) is 0 Å². The molecule has 1 amide bonds. The molecule has 220 valence electrons. The minimum absolute atomic E-state index is 0.0485. The SMILES string of the molecule is CC(C)(C)C12OOC1(c1cc(O)cc(OCC(=O)NCc3ccc(-c4nc5ccccc5s4)c(O)c3)c1)OCC2(C)C. The molecule has 2 aliphatic rings. The van der Waals surface area contributed by atoms with Gasteiger partial charge in [0, 0.05) is 29.0 Å². The van der Waals surface area contributed by atoms with Gasteiger partial charge in [-0.15, -0.1) is 11.3 Å². The summed E-state index contributed by atoms with van der Waals surface area (Å²) in [5.41, 5.74) is 1.24. The second-order valence-corrected chi connectivity index (χ2v) is 13.5. The monoisotopic (exact) mass is 590 g/mol. The molecule has 2 fully saturated rings. The van der Waals surface area contributed by atoms with Crippen LogP contribution in [0.2, 0.25) is 0 Å². The molecule has 0 saturated carbocycles. The first-order valence-corrected chi connectivity index (χ1v) is 14.6. The highest BCUT2D eigenvalue weighted by atomic mass is 32.1. The average Bonchev–Trinajstić information content (AvgIpc) is 3.39. The van der Waals surface area contributed by atoms with E-state index in [2.05, 4.69) is 44.9 Å². The van der Waals surface area contributed by atoms with Crippen LogP contribution in [0.5, 0.6) is 17.2 Å². The van der Waals surface area contributed by atoms with Gasteiger partial charge >= 0.3 is 0 Å². The second-order valence-electron chi connectivity index (χ2n) is 12.5. The third-order valence-corrected chi connectivity index (χ3v) is 9.18. The number of ether oxygens (including phenoxy) is 2. The zero-order chi connectivity index (χ0) is 29.9. The molecular weight excluding hydrogens is 556 g/mol. The van der Waals surface area contributed by atoms with E-state index in [0.717, 1.165) is 20.8 Å². The first-order valence-electron chi connectivity index (χ1n) is 13.8. The lowest BCUT2D eigenvalue weighted by molar-refractivity contribution is -0.626. The van der Waals surface area contributed by atoms with E-state index < -0.39 is 11.4 Å². The molecule has 2 atom stereocenters. The molecule has 2 saturated heterocycles. The molecule has 3 aromatic carbocycles. The zero-order valence-corrected chi connectivity index (χ0v) is 25.0. The number of para-hydroxylation sites is 1. The molecule has 42 heavy (non-hydrogen) atoms. The van der Waals surface area contributed by atoms with Gasteiger partial charge in [0.2, 0.25) is 0 Å². The number of hydrogen-bond donors (Lipinski definition) is 3. The Bertz CT molecular complexity index is 1640. The number of benzene rings is 3. The van der Waals surface area contributed by atoms with Gasteiger partial charge in [-0.05, 0) is 42.0 Å². The van der Waals surface area contributed by atoms with Gasteiger partial charge in [-0.3, -0.25) is 4.79 Å². The van der Waals surface area contributed by atoms with Crippen molar-refractivity contribution >= 4 is 27.5 Å². The Hall–Kier alpha value is -3.70. The predicted molar refractivity (Wildman–Crippen MR) is 158 cm³/mol. The van der Waals surface area contributed by atoms with E-state index in [9.17, 15) is 15.0 Å². The van der Waals surface area contributed by atoms with Crippen LogP contribution in [0.1, 0.15) is 45.7 Å². The molecule has 1 aromatic heterocycles. The Morgan fingerprint density at radius 3 is 2.55 bits per heavy atom. The highest BCUT2D eigenvalue weighted by Gasteiger charge is 2.81. The maximum atomic E-state index is 12.6. The summed E-state index contributed by atoms with van der Waals surface area (Å²) in [5.74, 6) is -1.26. The average molecular weight is 591 g/mol. The lowest BCUT2D eigenvalue weighted by Crippen LogP contribution is -2.73. The number of carbonyl (C=O) groups is 1. The number of phenols is 2. The number of amides is 1. The molecular formula is C32H34N2O7S. The van der Waals surface area contributed by atoms with Crippen molar-refractivity contribution in [3.63, 3.8) is 0 Å². The summed E-state index contributed by atoms with van der Waals surface area (Å²) in [4.78, 5) is 28.8. The van der Waals surface area contributed by atoms with Gasteiger partial charge in [0.1, 0.15) is 22.3 Å². The molecule has 10 heteroatoms. The number of hydrogen-bond acceptors (Lipinski definition) is 9. The van der Waals surface area contributed by atoms with Crippen molar-refractivity contribution in [2.75, 3.05) is 13.2 Å². The van der Waals surface area contributed by atoms with Gasteiger partial charge in [-0.2, -0.15) is 4.89 Å². The summed E-state index contributed by atoms with van der Waals surface area (Å²) < 4.78 is 13.0. The van der Waals surface area contributed by atoms with Crippen LogP contribution in [0, 0.1) is 10.8 Å². The largest absolute Gasteiger partial charge is 0.508 e. The summed E-state index contributed by atoms with van der Waals surface area (Å²) >= 11 is 1.51. The van der Waals surface area contributed by atoms with Crippen LogP contribution in [0.3, 0.4) is 0 Å². The van der Waals surface area contributed by atoms with Crippen molar-refractivity contribution < 1.29 is 34.3 Å². The Labute approximate surface area is 248 Å². The van der Waals surface area contributed by atoms with Crippen LogP contribution in [-0.2, 0) is 31.6 Å². The highest BCUT2D eigenvalue weighted by Crippen LogP contribution is 2.69. The zero-order valence-electron chi connectivity index (χ0n) is 24.2. The lowest BCUT2D eigenvalue weighted by atomic mass is 9.57. The molecule has 0 radical (unpaired) electrons. The van der Waals surface area contributed by atoms with Gasteiger partial charge in [-0.25, -0.2) is 9.87 Å². The molecule has 0 bridgehead atoms. The van der Waals surface area contributed by atoms with E-state index in [0.29, 0.717) is 23.5 Å². The first-order chi connectivity index (χ1) is 19.8. The molecule has 3 heterocycles. The Morgan fingerprint density at radius 1 is 1.07 bits per heavy atom. The highest BCUT2D eigenvalue weighted by molar-refractivity contribution is 7.21. The molecule has 9 nitrogen and oxygen atoms in total. The maximum Gasteiger partial charge on any atom is 0.261 e.